The Kier molecular flexibility index (Phi) is 7.07. The molecular weight excluding hydrogens is 426 g/mol. The number of hydrazine groups is 1. The van der Waals surface area contributed by atoms with Crippen molar-refractivity contribution < 1.29 is 9.59 Å². The van der Waals surface area contributed by atoms with E-state index in [1.807, 2.05) is 35.4 Å². The highest BCUT2D eigenvalue weighted by Gasteiger charge is 2.41. The number of unbranched alkanes of at least 4 members (excludes halogenated alkanes) is 2. The number of rotatable bonds is 8. The molecule has 2 aromatic rings. The van der Waals surface area contributed by atoms with Gasteiger partial charge in [0.2, 0.25) is 5.91 Å². The average molecular weight is 454 g/mol. The quantitative estimate of drug-likeness (QED) is 0.592. The van der Waals surface area contributed by atoms with Crippen molar-refractivity contribution >= 4 is 29.1 Å². The molecule has 4 rings (SSSR count). The van der Waals surface area contributed by atoms with Crippen LogP contribution in [0.15, 0.2) is 60.6 Å². The molecule has 1 fully saturated rings. The highest BCUT2D eigenvalue weighted by atomic mass is 35.5. The second kappa shape index (κ2) is 10.1. The molecule has 2 unspecified atom stereocenters. The van der Waals surface area contributed by atoms with Crippen LogP contribution >= 0.6 is 11.6 Å². The summed E-state index contributed by atoms with van der Waals surface area (Å²) < 4.78 is 0. The van der Waals surface area contributed by atoms with E-state index in [-0.39, 0.29) is 30.4 Å². The standard InChI is InChI=1S/C24H28ClN5O2/c1-2-3-4-5-20-15-29(16-23(31)27-19-10-12-26-13-11-19)24(32)22-14-21(28-30(20)22)17-6-8-18(25)9-7-17/h6-14,20-21,28H,2-5,15-16H2,1H3,(H,26,27,31). The lowest BCUT2D eigenvalue weighted by atomic mass is 10.0. The topological polar surface area (TPSA) is 77.6 Å². The number of aromatic nitrogens is 1. The monoisotopic (exact) mass is 453 g/mol. The zero-order chi connectivity index (χ0) is 22.5. The van der Waals surface area contributed by atoms with Crippen LogP contribution in [-0.4, -0.2) is 45.8 Å². The largest absolute Gasteiger partial charge is 0.326 e. The van der Waals surface area contributed by atoms with Crippen molar-refractivity contribution in [3.63, 3.8) is 0 Å². The van der Waals surface area contributed by atoms with Crippen molar-refractivity contribution in [2.75, 3.05) is 18.4 Å². The number of fused-ring (bicyclic) bond motifs is 1. The minimum Gasteiger partial charge on any atom is -0.326 e. The van der Waals surface area contributed by atoms with Gasteiger partial charge >= 0.3 is 0 Å². The number of hydrogen-bond acceptors (Lipinski definition) is 5. The van der Waals surface area contributed by atoms with Crippen molar-refractivity contribution in [3.05, 3.63) is 71.2 Å². The number of benzene rings is 1. The van der Waals surface area contributed by atoms with Crippen LogP contribution in [0.4, 0.5) is 5.69 Å². The molecule has 2 aliphatic heterocycles. The number of anilines is 1. The van der Waals surface area contributed by atoms with Gasteiger partial charge in [0.25, 0.3) is 5.91 Å². The zero-order valence-corrected chi connectivity index (χ0v) is 18.9. The molecule has 0 spiro atoms. The molecule has 0 radical (unpaired) electrons. The third-order valence-electron chi connectivity index (χ3n) is 5.83. The summed E-state index contributed by atoms with van der Waals surface area (Å²) >= 11 is 6.03. The summed E-state index contributed by atoms with van der Waals surface area (Å²) in [5, 5.41) is 5.53. The maximum atomic E-state index is 13.3. The van der Waals surface area contributed by atoms with Crippen LogP contribution in [0.25, 0.3) is 0 Å². The van der Waals surface area contributed by atoms with Gasteiger partial charge in [-0.15, -0.1) is 0 Å². The summed E-state index contributed by atoms with van der Waals surface area (Å²) in [7, 11) is 0. The van der Waals surface area contributed by atoms with E-state index in [0.717, 1.165) is 31.2 Å². The molecule has 2 amide bonds. The van der Waals surface area contributed by atoms with Gasteiger partial charge in [-0.05, 0) is 42.3 Å². The predicted molar refractivity (Wildman–Crippen MR) is 125 cm³/mol. The van der Waals surface area contributed by atoms with E-state index in [4.69, 9.17) is 11.6 Å². The molecule has 2 atom stereocenters. The number of nitrogens with one attached hydrogen (secondary N) is 2. The molecule has 1 aromatic heterocycles. The minimum absolute atomic E-state index is 0.0161. The van der Waals surface area contributed by atoms with Crippen molar-refractivity contribution in [2.24, 2.45) is 0 Å². The molecule has 3 heterocycles. The van der Waals surface area contributed by atoms with Gasteiger partial charge in [0.15, 0.2) is 0 Å². The van der Waals surface area contributed by atoms with E-state index in [9.17, 15) is 9.59 Å². The summed E-state index contributed by atoms with van der Waals surface area (Å²) in [6, 6.07) is 11.1. The third-order valence-corrected chi connectivity index (χ3v) is 6.09. The molecule has 8 heteroatoms. The molecule has 1 aromatic carbocycles. The van der Waals surface area contributed by atoms with Gasteiger partial charge in [-0.1, -0.05) is 49.9 Å². The third kappa shape index (κ3) is 5.11. The summed E-state index contributed by atoms with van der Waals surface area (Å²) in [6.45, 7) is 2.70. The Balaban J connectivity index is 1.51. The highest BCUT2D eigenvalue weighted by molar-refractivity contribution is 6.30. The van der Waals surface area contributed by atoms with Gasteiger partial charge in [0.05, 0.1) is 12.1 Å². The first-order valence-electron chi connectivity index (χ1n) is 11.1. The molecule has 0 saturated carbocycles. The van der Waals surface area contributed by atoms with Gasteiger partial charge in [0, 0.05) is 29.6 Å². The van der Waals surface area contributed by atoms with E-state index in [1.54, 1.807) is 29.4 Å². The lowest BCUT2D eigenvalue weighted by Crippen LogP contribution is -2.57. The van der Waals surface area contributed by atoms with Crippen LogP contribution in [0.2, 0.25) is 5.02 Å². The maximum Gasteiger partial charge on any atom is 0.271 e. The molecule has 168 valence electrons. The Labute approximate surface area is 193 Å². The zero-order valence-electron chi connectivity index (χ0n) is 18.1. The van der Waals surface area contributed by atoms with Crippen LogP contribution < -0.4 is 10.7 Å². The number of nitrogens with zero attached hydrogens (tertiary/aromatic N) is 3. The van der Waals surface area contributed by atoms with Crippen LogP contribution in [0.5, 0.6) is 0 Å². The number of carbonyl (C=O) groups excluding carboxylic acids is 2. The number of hydrogen-bond donors (Lipinski definition) is 2. The number of halogens is 1. The summed E-state index contributed by atoms with van der Waals surface area (Å²) in [4.78, 5) is 31.5. The fraction of sp³-hybridized carbons (Fsp3) is 0.375. The lowest BCUT2D eigenvalue weighted by molar-refractivity contribution is -0.137. The molecule has 2 aliphatic rings. The SMILES string of the molecule is CCCCCC1CN(CC(=O)Nc2ccncc2)C(=O)C2=CC(c3ccc(Cl)cc3)NN21. The van der Waals surface area contributed by atoms with Crippen LogP contribution in [-0.2, 0) is 9.59 Å². The second-order valence-corrected chi connectivity index (χ2v) is 8.64. The van der Waals surface area contributed by atoms with Crippen LogP contribution in [0, 0.1) is 0 Å². The Hall–Kier alpha value is -2.90. The molecular formula is C24H28ClN5O2. The first kappa shape index (κ1) is 22.3. The molecule has 0 aliphatic carbocycles. The fourth-order valence-electron chi connectivity index (χ4n) is 4.19. The number of pyridine rings is 1. The van der Waals surface area contributed by atoms with Crippen LogP contribution in [0.3, 0.4) is 0 Å². The van der Waals surface area contributed by atoms with E-state index in [1.165, 1.54) is 0 Å². The summed E-state index contributed by atoms with van der Waals surface area (Å²) in [6.07, 6.45) is 9.48. The normalized spacial score (nSPS) is 20.2. The van der Waals surface area contributed by atoms with Gasteiger partial charge < -0.3 is 10.2 Å². The van der Waals surface area contributed by atoms with Gasteiger partial charge in [-0.3, -0.25) is 19.6 Å². The minimum atomic E-state index is -0.217. The number of amides is 2. The summed E-state index contributed by atoms with van der Waals surface area (Å²) in [5.74, 6) is -0.350. The Bertz CT molecular complexity index is 980. The Morgan fingerprint density at radius 1 is 1.19 bits per heavy atom. The van der Waals surface area contributed by atoms with E-state index >= 15 is 0 Å². The van der Waals surface area contributed by atoms with Crippen molar-refractivity contribution in [2.45, 2.75) is 44.7 Å². The van der Waals surface area contributed by atoms with Crippen LogP contribution in [0.1, 0.15) is 44.2 Å². The fourth-order valence-corrected chi connectivity index (χ4v) is 4.31. The summed E-state index contributed by atoms with van der Waals surface area (Å²) in [5.41, 5.74) is 5.81. The molecule has 32 heavy (non-hydrogen) atoms. The van der Waals surface area contributed by atoms with Crippen molar-refractivity contribution in [3.8, 4) is 0 Å². The van der Waals surface area contributed by atoms with E-state index in [0.29, 0.717) is 23.0 Å². The van der Waals surface area contributed by atoms with Crippen molar-refractivity contribution in [1.82, 2.24) is 20.3 Å². The highest BCUT2D eigenvalue weighted by Crippen LogP contribution is 2.32. The van der Waals surface area contributed by atoms with Gasteiger partial charge in [0.1, 0.15) is 12.2 Å². The smallest absolute Gasteiger partial charge is 0.271 e. The molecule has 1 saturated heterocycles. The first-order chi connectivity index (χ1) is 15.5. The first-order valence-corrected chi connectivity index (χ1v) is 11.4. The molecule has 0 bridgehead atoms. The maximum absolute atomic E-state index is 13.3. The number of piperazine rings is 1. The van der Waals surface area contributed by atoms with Gasteiger partial charge in [-0.2, -0.15) is 0 Å². The predicted octanol–water partition coefficient (Wildman–Crippen LogP) is 3.91. The van der Waals surface area contributed by atoms with E-state index < -0.39 is 0 Å². The Morgan fingerprint density at radius 2 is 1.94 bits per heavy atom. The molecule has 2 N–H and O–H groups in total. The van der Waals surface area contributed by atoms with Gasteiger partial charge in [-0.25, -0.2) is 5.43 Å². The van der Waals surface area contributed by atoms with E-state index in [2.05, 4.69) is 22.7 Å². The second-order valence-electron chi connectivity index (χ2n) is 8.20. The average Bonchev–Trinajstić information content (AvgIpc) is 3.24. The lowest BCUT2D eigenvalue weighted by Gasteiger charge is -2.41. The number of carbonyl (C=O) groups is 2. The Morgan fingerprint density at radius 3 is 2.66 bits per heavy atom. The molecule has 7 nitrogen and oxygen atoms in total. The van der Waals surface area contributed by atoms with Crippen molar-refractivity contribution in [1.29, 1.82) is 0 Å².